The van der Waals surface area contributed by atoms with Gasteiger partial charge < -0.3 is 5.73 Å². The highest BCUT2D eigenvalue weighted by molar-refractivity contribution is 9.10. The summed E-state index contributed by atoms with van der Waals surface area (Å²) in [6.07, 6.45) is 5.40. The summed E-state index contributed by atoms with van der Waals surface area (Å²) in [6, 6.07) is 9.54. The summed E-state index contributed by atoms with van der Waals surface area (Å²) in [5.74, 6) is 0.778. The molecule has 3 unspecified atom stereocenters. The Kier molecular flexibility index (Phi) is 5.43. The zero-order valence-electron chi connectivity index (χ0n) is 12.0. The molecule has 106 valence electrons. The minimum Gasteiger partial charge on any atom is -0.329 e. The third-order valence-electron chi connectivity index (χ3n) is 4.54. The van der Waals surface area contributed by atoms with Crippen molar-refractivity contribution < 1.29 is 0 Å². The van der Waals surface area contributed by atoms with Crippen LogP contribution in [0.2, 0.25) is 0 Å². The van der Waals surface area contributed by atoms with Gasteiger partial charge in [-0.05, 0) is 43.5 Å². The van der Waals surface area contributed by atoms with Gasteiger partial charge in [0.1, 0.15) is 0 Å². The van der Waals surface area contributed by atoms with Crippen molar-refractivity contribution in [3.05, 3.63) is 34.3 Å². The standard InChI is InChI=1S/C16H25BrN2/c1-12-6-3-4-9-15(12)19(2)16(11-18)13-7-5-8-14(17)10-13/h5,7-8,10,12,15-16H,3-4,6,9,11,18H2,1-2H3. The molecule has 1 aliphatic rings. The summed E-state index contributed by atoms with van der Waals surface area (Å²) < 4.78 is 1.13. The predicted octanol–water partition coefficient (Wildman–Crippen LogP) is 3.96. The molecule has 3 atom stereocenters. The Morgan fingerprint density at radius 2 is 2.11 bits per heavy atom. The molecule has 19 heavy (non-hydrogen) atoms. The first-order valence-corrected chi connectivity index (χ1v) is 8.10. The van der Waals surface area contributed by atoms with Crippen molar-refractivity contribution in [1.29, 1.82) is 0 Å². The van der Waals surface area contributed by atoms with Crippen LogP contribution in [-0.4, -0.2) is 24.5 Å². The number of benzene rings is 1. The highest BCUT2D eigenvalue weighted by Crippen LogP contribution is 2.32. The van der Waals surface area contributed by atoms with E-state index < -0.39 is 0 Å². The third-order valence-corrected chi connectivity index (χ3v) is 5.03. The van der Waals surface area contributed by atoms with Gasteiger partial charge >= 0.3 is 0 Å². The summed E-state index contributed by atoms with van der Waals surface area (Å²) in [5.41, 5.74) is 7.37. The smallest absolute Gasteiger partial charge is 0.0470 e. The molecule has 2 nitrogen and oxygen atoms in total. The van der Waals surface area contributed by atoms with Gasteiger partial charge in [-0.1, -0.05) is 47.8 Å². The first kappa shape index (κ1) is 15.0. The van der Waals surface area contributed by atoms with E-state index in [1.54, 1.807) is 0 Å². The second kappa shape index (κ2) is 6.87. The number of likely N-dealkylation sites (N-methyl/N-ethyl adjacent to an activating group) is 1. The molecule has 1 fully saturated rings. The van der Waals surface area contributed by atoms with Gasteiger partial charge in [0.05, 0.1) is 0 Å². The zero-order chi connectivity index (χ0) is 13.8. The minimum atomic E-state index is 0.322. The lowest BCUT2D eigenvalue weighted by Gasteiger charge is -2.40. The Hall–Kier alpha value is -0.380. The van der Waals surface area contributed by atoms with Crippen molar-refractivity contribution in [1.82, 2.24) is 4.90 Å². The Bertz CT molecular complexity index is 407. The van der Waals surface area contributed by atoms with Gasteiger partial charge in [-0.2, -0.15) is 0 Å². The van der Waals surface area contributed by atoms with E-state index in [0.717, 1.165) is 10.4 Å². The second-order valence-electron chi connectivity index (χ2n) is 5.80. The maximum absolute atomic E-state index is 6.05. The Balaban J connectivity index is 2.16. The molecule has 0 aromatic heterocycles. The van der Waals surface area contributed by atoms with Crippen molar-refractivity contribution in [2.75, 3.05) is 13.6 Å². The lowest BCUT2D eigenvalue weighted by atomic mass is 9.84. The molecule has 3 heteroatoms. The van der Waals surface area contributed by atoms with Gasteiger partial charge in [0.25, 0.3) is 0 Å². The topological polar surface area (TPSA) is 29.3 Å². The van der Waals surface area contributed by atoms with Gasteiger partial charge in [-0.25, -0.2) is 0 Å². The molecule has 1 aromatic rings. The molecule has 1 saturated carbocycles. The molecule has 0 radical (unpaired) electrons. The summed E-state index contributed by atoms with van der Waals surface area (Å²) in [5, 5.41) is 0. The Labute approximate surface area is 125 Å². The van der Waals surface area contributed by atoms with Gasteiger partial charge in [-0.3, -0.25) is 4.90 Å². The fourth-order valence-electron chi connectivity index (χ4n) is 3.38. The maximum Gasteiger partial charge on any atom is 0.0470 e. The van der Waals surface area contributed by atoms with Gasteiger partial charge in [-0.15, -0.1) is 0 Å². The number of nitrogens with two attached hydrogens (primary N) is 1. The molecular weight excluding hydrogens is 300 g/mol. The molecule has 1 aliphatic carbocycles. The monoisotopic (exact) mass is 324 g/mol. The van der Waals surface area contributed by atoms with Gasteiger partial charge in [0, 0.05) is 23.1 Å². The number of hydrogen-bond acceptors (Lipinski definition) is 2. The summed E-state index contributed by atoms with van der Waals surface area (Å²) in [4.78, 5) is 2.51. The number of halogens is 1. The average molecular weight is 325 g/mol. The largest absolute Gasteiger partial charge is 0.329 e. The lowest BCUT2D eigenvalue weighted by molar-refractivity contribution is 0.0992. The molecule has 0 amide bonds. The van der Waals surface area contributed by atoms with Crippen LogP contribution in [0, 0.1) is 5.92 Å². The van der Waals surface area contributed by atoms with Crippen LogP contribution >= 0.6 is 15.9 Å². The van der Waals surface area contributed by atoms with Crippen LogP contribution in [0.1, 0.15) is 44.2 Å². The van der Waals surface area contributed by atoms with E-state index in [2.05, 4.69) is 59.1 Å². The van der Waals surface area contributed by atoms with Crippen molar-refractivity contribution >= 4 is 15.9 Å². The minimum absolute atomic E-state index is 0.322. The fraction of sp³-hybridized carbons (Fsp3) is 0.625. The molecule has 0 spiro atoms. The van der Waals surface area contributed by atoms with E-state index in [1.165, 1.54) is 31.2 Å². The van der Waals surface area contributed by atoms with E-state index in [1.807, 2.05) is 0 Å². The van der Waals surface area contributed by atoms with Crippen LogP contribution in [-0.2, 0) is 0 Å². The molecule has 1 aromatic carbocycles. The first-order chi connectivity index (χ1) is 9.13. The molecule has 2 N–H and O–H groups in total. The molecule has 0 heterocycles. The van der Waals surface area contributed by atoms with Crippen LogP contribution in [0.5, 0.6) is 0 Å². The van der Waals surface area contributed by atoms with E-state index in [4.69, 9.17) is 5.73 Å². The van der Waals surface area contributed by atoms with Crippen LogP contribution in [0.25, 0.3) is 0 Å². The maximum atomic E-state index is 6.05. The highest BCUT2D eigenvalue weighted by atomic mass is 79.9. The molecule has 0 aliphatic heterocycles. The predicted molar refractivity (Wildman–Crippen MR) is 85.1 cm³/mol. The molecular formula is C16H25BrN2. The van der Waals surface area contributed by atoms with E-state index in [-0.39, 0.29) is 0 Å². The Morgan fingerprint density at radius 1 is 1.37 bits per heavy atom. The van der Waals surface area contributed by atoms with Crippen molar-refractivity contribution in [3.63, 3.8) is 0 Å². The quantitative estimate of drug-likeness (QED) is 0.908. The van der Waals surface area contributed by atoms with E-state index in [0.29, 0.717) is 18.6 Å². The zero-order valence-corrected chi connectivity index (χ0v) is 13.6. The SMILES string of the molecule is CC1CCCCC1N(C)C(CN)c1cccc(Br)c1. The molecule has 2 rings (SSSR count). The number of rotatable bonds is 4. The van der Waals surface area contributed by atoms with Crippen molar-refractivity contribution in [2.45, 2.75) is 44.7 Å². The second-order valence-corrected chi connectivity index (χ2v) is 6.72. The van der Waals surface area contributed by atoms with Crippen LogP contribution in [0.3, 0.4) is 0 Å². The van der Waals surface area contributed by atoms with Crippen molar-refractivity contribution in [2.24, 2.45) is 11.7 Å². The van der Waals surface area contributed by atoms with Crippen LogP contribution < -0.4 is 5.73 Å². The van der Waals surface area contributed by atoms with Gasteiger partial charge in [0.15, 0.2) is 0 Å². The molecule has 0 saturated heterocycles. The number of nitrogens with zero attached hydrogens (tertiary/aromatic N) is 1. The normalized spacial score (nSPS) is 25.5. The highest BCUT2D eigenvalue weighted by Gasteiger charge is 2.29. The van der Waals surface area contributed by atoms with E-state index >= 15 is 0 Å². The fourth-order valence-corrected chi connectivity index (χ4v) is 3.80. The first-order valence-electron chi connectivity index (χ1n) is 7.31. The summed E-state index contributed by atoms with van der Waals surface area (Å²) in [7, 11) is 2.24. The molecule has 0 bridgehead atoms. The summed E-state index contributed by atoms with van der Waals surface area (Å²) in [6.45, 7) is 3.06. The lowest BCUT2D eigenvalue weighted by Crippen LogP contribution is -2.43. The van der Waals surface area contributed by atoms with E-state index in [9.17, 15) is 0 Å². The van der Waals surface area contributed by atoms with Crippen LogP contribution in [0.4, 0.5) is 0 Å². The van der Waals surface area contributed by atoms with Crippen LogP contribution in [0.15, 0.2) is 28.7 Å². The Morgan fingerprint density at radius 3 is 2.74 bits per heavy atom. The third kappa shape index (κ3) is 3.59. The van der Waals surface area contributed by atoms with Crippen molar-refractivity contribution in [3.8, 4) is 0 Å². The average Bonchev–Trinajstić information content (AvgIpc) is 2.40. The van der Waals surface area contributed by atoms with Gasteiger partial charge in [0.2, 0.25) is 0 Å². The summed E-state index contributed by atoms with van der Waals surface area (Å²) >= 11 is 3.56. The number of hydrogen-bond donors (Lipinski definition) is 1.